The molecule has 0 aromatic heterocycles. The largest absolute Gasteiger partial charge is 0.384 e. The number of hydrogen-bond acceptors (Lipinski definition) is 1. The van der Waals surface area contributed by atoms with Gasteiger partial charge in [-0.25, -0.2) is 0 Å². The second-order valence-electron chi connectivity index (χ2n) is 4.03. The minimum Gasteiger partial charge on any atom is -0.384 e. The lowest BCUT2D eigenvalue weighted by Crippen LogP contribution is -1.90. The van der Waals surface area contributed by atoms with E-state index >= 15 is 0 Å². The smallest absolute Gasteiger partial charge is 0.0505 e. The third-order valence-electron chi connectivity index (χ3n) is 2.99. The second-order valence-corrected chi connectivity index (χ2v) is 4.44. The van der Waals surface area contributed by atoms with Crippen molar-refractivity contribution in [3.05, 3.63) is 53.1 Å². The molecule has 2 aromatic carbocycles. The molecule has 0 unspecified atom stereocenters. The van der Waals surface area contributed by atoms with Gasteiger partial charge in [0.2, 0.25) is 0 Å². The van der Waals surface area contributed by atoms with Crippen molar-refractivity contribution in [3.63, 3.8) is 0 Å². The van der Waals surface area contributed by atoms with Crippen LogP contribution < -0.4 is 5.32 Å². The van der Waals surface area contributed by atoms with Gasteiger partial charge in [-0.2, -0.15) is 0 Å². The van der Waals surface area contributed by atoms with E-state index in [1.54, 1.807) is 0 Å². The lowest BCUT2D eigenvalue weighted by Gasteiger charge is -2.08. The Morgan fingerprint density at radius 1 is 1.06 bits per heavy atom. The van der Waals surface area contributed by atoms with Crippen LogP contribution in [0.15, 0.2) is 42.5 Å². The maximum Gasteiger partial charge on any atom is 0.0505 e. The van der Waals surface area contributed by atoms with E-state index in [0.29, 0.717) is 0 Å². The van der Waals surface area contributed by atoms with Crippen molar-refractivity contribution in [1.29, 1.82) is 0 Å². The number of anilines is 1. The van der Waals surface area contributed by atoms with E-state index in [1.165, 1.54) is 16.8 Å². The van der Waals surface area contributed by atoms with E-state index in [4.69, 9.17) is 11.6 Å². The highest BCUT2D eigenvalue weighted by Gasteiger charge is 2.13. The van der Waals surface area contributed by atoms with E-state index in [-0.39, 0.29) is 0 Å². The maximum absolute atomic E-state index is 6.30. The van der Waals surface area contributed by atoms with Crippen LogP contribution in [0.2, 0.25) is 5.02 Å². The van der Waals surface area contributed by atoms with Crippen molar-refractivity contribution in [1.82, 2.24) is 0 Å². The minimum atomic E-state index is 0.819. The Labute approximate surface area is 100 Å². The summed E-state index contributed by atoms with van der Waals surface area (Å²) in [5, 5.41) is 4.15. The fraction of sp³-hybridized carbons (Fsp3) is 0.143. The molecular formula is C14H12ClN. The van der Waals surface area contributed by atoms with Crippen LogP contribution in [0.1, 0.15) is 5.56 Å². The number of nitrogens with one attached hydrogen (secondary N) is 1. The van der Waals surface area contributed by atoms with Gasteiger partial charge in [0.1, 0.15) is 0 Å². The topological polar surface area (TPSA) is 12.0 Å². The van der Waals surface area contributed by atoms with Gasteiger partial charge in [0.15, 0.2) is 0 Å². The van der Waals surface area contributed by atoms with Gasteiger partial charge in [0.25, 0.3) is 0 Å². The molecule has 0 atom stereocenters. The van der Waals surface area contributed by atoms with Crippen molar-refractivity contribution < 1.29 is 0 Å². The molecule has 0 saturated heterocycles. The van der Waals surface area contributed by atoms with Crippen LogP contribution in [-0.2, 0) is 6.42 Å². The van der Waals surface area contributed by atoms with Crippen LogP contribution in [0, 0.1) is 0 Å². The molecule has 0 aliphatic carbocycles. The van der Waals surface area contributed by atoms with Crippen molar-refractivity contribution in [2.45, 2.75) is 6.42 Å². The molecule has 1 aliphatic rings. The average molecular weight is 230 g/mol. The summed E-state index contributed by atoms with van der Waals surface area (Å²) in [4.78, 5) is 0. The first-order valence-electron chi connectivity index (χ1n) is 5.46. The quantitative estimate of drug-likeness (QED) is 0.780. The lowest BCUT2D eigenvalue weighted by atomic mass is 10.0. The molecule has 1 N–H and O–H groups in total. The molecule has 0 fully saturated rings. The molecule has 0 bridgehead atoms. The van der Waals surface area contributed by atoms with Crippen LogP contribution in [0.25, 0.3) is 11.1 Å². The Hall–Kier alpha value is -1.47. The van der Waals surface area contributed by atoms with E-state index in [1.807, 2.05) is 24.3 Å². The minimum absolute atomic E-state index is 0.819. The van der Waals surface area contributed by atoms with Crippen molar-refractivity contribution >= 4 is 17.3 Å². The maximum atomic E-state index is 6.30. The molecule has 3 rings (SSSR count). The highest BCUT2D eigenvalue weighted by molar-refractivity contribution is 6.33. The fourth-order valence-electron chi connectivity index (χ4n) is 2.16. The van der Waals surface area contributed by atoms with Crippen LogP contribution in [-0.4, -0.2) is 6.54 Å². The molecule has 0 amide bonds. The lowest BCUT2D eigenvalue weighted by molar-refractivity contribution is 1.11. The summed E-state index contributed by atoms with van der Waals surface area (Å²) in [5.74, 6) is 0. The molecule has 0 spiro atoms. The fourth-order valence-corrected chi connectivity index (χ4v) is 2.43. The Kier molecular flexibility index (Phi) is 2.33. The SMILES string of the molecule is Clc1cc2c(cc1-c1ccccc1)CCN2. The number of halogens is 1. The number of fused-ring (bicyclic) bond motifs is 1. The normalized spacial score (nSPS) is 13.3. The van der Waals surface area contributed by atoms with Gasteiger partial charge in [-0.1, -0.05) is 41.9 Å². The average Bonchev–Trinajstić information content (AvgIpc) is 2.76. The molecule has 0 radical (unpaired) electrons. The van der Waals surface area contributed by atoms with Crippen molar-refractivity contribution in [2.24, 2.45) is 0 Å². The van der Waals surface area contributed by atoms with Gasteiger partial charge in [-0.3, -0.25) is 0 Å². The van der Waals surface area contributed by atoms with Gasteiger partial charge >= 0.3 is 0 Å². The van der Waals surface area contributed by atoms with Gasteiger partial charge in [0, 0.05) is 17.8 Å². The first kappa shape index (κ1) is 9.73. The first-order chi connectivity index (χ1) is 7.84. The van der Waals surface area contributed by atoms with Gasteiger partial charge in [-0.05, 0) is 29.7 Å². The number of rotatable bonds is 1. The number of hydrogen-bond donors (Lipinski definition) is 1. The second kappa shape index (κ2) is 3.84. The summed E-state index contributed by atoms with van der Waals surface area (Å²) < 4.78 is 0. The Morgan fingerprint density at radius 2 is 1.88 bits per heavy atom. The van der Waals surface area contributed by atoms with E-state index in [9.17, 15) is 0 Å². The molecule has 16 heavy (non-hydrogen) atoms. The zero-order chi connectivity index (χ0) is 11.0. The summed E-state index contributed by atoms with van der Waals surface area (Å²) in [6, 6.07) is 14.5. The van der Waals surface area contributed by atoms with Gasteiger partial charge in [0.05, 0.1) is 5.02 Å². The van der Waals surface area contributed by atoms with Crippen LogP contribution in [0.4, 0.5) is 5.69 Å². The third-order valence-corrected chi connectivity index (χ3v) is 3.30. The molecule has 1 heterocycles. The Balaban J connectivity index is 2.15. The predicted octanol–water partition coefficient (Wildman–Crippen LogP) is 3.98. The summed E-state index contributed by atoms with van der Waals surface area (Å²) in [6.45, 7) is 1.02. The van der Waals surface area contributed by atoms with E-state index < -0.39 is 0 Å². The zero-order valence-electron chi connectivity index (χ0n) is 8.83. The van der Waals surface area contributed by atoms with Crippen LogP contribution >= 0.6 is 11.6 Å². The standard InChI is InChI=1S/C14H12ClN/c15-13-9-14-11(6-7-16-14)8-12(13)10-4-2-1-3-5-10/h1-5,8-9,16H,6-7H2. The van der Waals surface area contributed by atoms with Gasteiger partial charge in [-0.15, -0.1) is 0 Å². The van der Waals surface area contributed by atoms with Crippen LogP contribution in [0.3, 0.4) is 0 Å². The molecular weight excluding hydrogens is 218 g/mol. The zero-order valence-corrected chi connectivity index (χ0v) is 9.59. The molecule has 0 saturated carbocycles. The summed E-state index contributed by atoms with van der Waals surface area (Å²) >= 11 is 6.30. The van der Waals surface area contributed by atoms with Crippen molar-refractivity contribution in [3.8, 4) is 11.1 Å². The summed E-state index contributed by atoms with van der Waals surface area (Å²) in [5.41, 5.74) is 4.86. The summed E-state index contributed by atoms with van der Waals surface area (Å²) in [7, 11) is 0. The predicted molar refractivity (Wildman–Crippen MR) is 69.1 cm³/mol. The molecule has 2 aromatic rings. The highest BCUT2D eigenvalue weighted by atomic mass is 35.5. The molecule has 1 aliphatic heterocycles. The monoisotopic (exact) mass is 229 g/mol. The molecule has 2 heteroatoms. The third kappa shape index (κ3) is 1.57. The number of benzene rings is 2. The first-order valence-corrected chi connectivity index (χ1v) is 5.84. The molecule has 80 valence electrons. The highest BCUT2D eigenvalue weighted by Crippen LogP contribution is 2.34. The summed E-state index contributed by atoms with van der Waals surface area (Å²) in [6.07, 6.45) is 1.09. The van der Waals surface area contributed by atoms with Gasteiger partial charge < -0.3 is 5.32 Å². The van der Waals surface area contributed by atoms with E-state index in [0.717, 1.165) is 23.6 Å². The van der Waals surface area contributed by atoms with Crippen LogP contribution in [0.5, 0.6) is 0 Å². The van der Waals surface area contributed by atoms with E-state index in [2.05, 4.69) is 23.5 Å². The molecule has 1 nitrogen and oxygen atoms in total. The van der Waals surface area contributed by atoms with Crippen molar-refractivity contribution in [2.75, 3.05) is 11.9 Å². The Bertz CT molecular complexity index is 520. The Morgan fingerprint density at radius 3 is 2.69 bits per heavy atom.